The zero-order chi connectivity index (χ0) is 23.3. The molecule has 182 valence electrons. The van der Waals surface area contributed by atoms with Crippen LogP contribution in [0.1, 0.15) is 112 Å². The van der Waals surface area contributed by atoms with Gasteiger partial charge in [0.1, 0.15) is 0 Å². The summed E-state index contributed by atoms with van der Waals surface area (Å²) in [7, 11) is 0. The summed E-state index contributed by atoms with van der Waals surface area (Å²) in [6, 6.07) is 0. The summed E-state index contributed by atoms with van der Waals surface area (Å²) in [5, 5.41) is 21.2. The van der Waals surface area contributed by atoms with Crippen molar-refractivity contribution in [1.29, 1.82) is 0 Å². The van der Waals surface area contributed by atoms with Crippen LogP contribution in [0.5, 0.6) is 0 Å². The first-order valence-electron chi connectivity index (χ1n) is 13.9. The van der Waals surface area contributed by atoms with Crippen LogP contribution >= 0.6 is 0 Å². The summed E-state index contributed by atoms with van der Waals surface area (Å²) in [6.45, 7) is 18.5. The third-order valence-electron chi connectivity index (χ3n) is 13.3. The van der Waals surface area contributed by atoms with Crippen LogP contribution in [0.3, 0.4) is 0 Å². The molecule has 3 unspecified atom stereocenters. The lowest BCUT2D eigenvalue weighted by Crippen LogP contribution is -2.57. The fourth-order valence-corrected chi connectivity index (χ4v) is 11.2. The fraction of sp³-hybridized carbons (Fsp3) is 0.933. The Morgan fingerprint density at radius 1 is 0.875 bits per heavy atom. The molecule has 5 saturated carbocycles. The molecule has 0 aromatic heterocycles. The zero-order valence-electron chi connectivity index (χ0n) is 21.8. The van der Waals surface area contributed by atoms with E-state index in [1.54, 1.807) is 0 Å². The Hall–Kier alpha value is -0.340. The SMILES string of the molecule is C=C(C)C(O)CC[C@@H](C)C1CC[C@@]2(C)[C@@H]3CC[C@H]4C(C)(C)[C@@H](O)CC[C@@]45CC35CC[C@]12C. The van der Waals surface area contributed by atoms with Crippen molar-refractivity contribution in [2.24, 2.45) is 50.7 Å². The third kappa shape index (κ3) is 2.72. The fourth-order valence-electron chi connectivity index (χ4n) is 11.2. The summed E-state index contributed by atoms with van der Waals surface area (Å²) in [6.07, 6.45) is 13.7. The molecule has 0 radical (unpaired) electrons. The molecule has 0 bridgehead atoms. The van der Waals surface area contributed by atoms with Gasteiger partial charge in [-0.25, -0.2) is 0 Å². The van der Waals surface area contributed by atoms with E-state index in [0.717, 1.165) is 42.6 Å². The highest BCUT2D eigenvalue weighted by molar-refractivity contribution is 5.30. The van der Waals surface area contributed by atoms with Crippen LogP contribution in [0.2, 0.25) is 0 Å². The topological polar surface area (TPSA) is 40.5 Å². The summed E-state index contributed by atoms with van der Waals surface area (Å²) in [5.74, 6) is 3.08. The first-order valence-corrected chi connectivity index (χ1v) is 13.9. The molecule has 0 amide bonds. The molecular weight excluding hydrogens is 392 g/mol. The first-order chi connectivity index (χ1) is 14.9. The van der Waals surface area contributed by atoms with E-state index < -0.39 is 0 Å². The maximum atomic E-state index is 10.8. The number of hydrogen-bond acceptors (Lipinski definition) is 2. The Balaban J connectivity index is 1.39. The minimum atomic E-state index is -0.334. The molecule has 5 rings (SSSR count). The van der Waals surface area contributed by atoms with Crippen molar-refractivity contribution in [2.75, 3.05) is 0 Å². The molecule has 0 aliphatic heterocycles. The lowest BCUT2D eigenvalue weighted by atomic mass is 9.41. The Bertz CT molecular complexity index is 786. The zero-order valence-corrected chi connectivity index (χ0v) is 21.8. The van der Waals surface area contributed by atoms with Gasteiger partial charge in [0.2, 0.25) is 0 Å². The molecule has 0 heterocycles. The minimum Gasteiger partial charge on any atom is -0.393 e. The smallest absolute Gasteiger partial charge is 0.0744 e. The molecule has 0 aromatic carbocycles. The van der Waals surface area contributed by atoms with Crippen molar-refractivity contribution in [3.63, 3.8) is 0 Å². The largest absolute Gasteiger partial charge is 0.393 e. The van der Waals surface area contributed by atoms with Crippen molar-refractivity contribution in [3.8, 4) is 0 Å². The standard InChI is InChI=1S/C30H50O2/c1-19(2)22(31)9-8-20(3)21-12-14-28(7)24-11-10-23-26(4,5)25(32)13-15-29(23)18-30(24,29)17-16-27(21,28)6/h20-25,31-32H,1,8-18H2,2-7H3/t20-,21?,22?,23+,24+,25+,27-,28+,29-,30?/m1/s1. The van der Waals surface area contributed by atoms with E-state index in [1.807, 2.05) is 6.92 Å². The van der Waals surface area contributed by atoms with Gasteiger partial charge in [-0.05, 0) is 128 Å². The van der Waals surface area contributed by atoms with E-state index in [-0.39, 0.29) is 17.6 Å². The molecule has 0 saturated heterocycles. The number of aliphatic hydroxyl groups is 2. The minimum absolute atomic E-state index is 0.0885. The Kier molecular flexibility index (Phi) is 5.19. The monoisotopic (exact) mass is 442 g/mol. The number of aliphatic hydroxyl groups excluding tert-OH is 2. The second-order valence-electron chi connectivity index (χ2n) is 14.4. The normalized spacial score (nSPS) is 52.8. The third-order valence-corrected chi connectivity index (χ3v) is 13.3. The van der Waals surface area contributed by atoms with Crippen LogP contribution in [0.15, 0.2) is 12.2 Å². The second kappa shape index (κ2) is 7.09. The molecule has 2 nitrogen and oxygen atoms in total. The average Bonchev–Trinajstić information content (AvgIpc) is 3.31. The summed E-state index contributed by atoms with van der Waals surface area (Å²) in [5.41, 5.74) is 3.03. The van der Waals surface area contributed by atoms with Crippen LogP contribution in [0.25, 0.3) is 0 Å². The lowest BCUT2D eigenvalue weighted by Gasteiger charge is -2.63. The molecule has 5 aliphatic rings. The number of hydrogen-bond donors (Lipinski definition) is 2. The molecule has 10 atom stereocenters. The molecule has 0 aromatic rings. The van der Waals surface area contributed by atoms with Crippen molar-refractivity contribution in [3.05, 3.63) is 12.2 Å². The molecular formula is C30H50O2. The number of rotatable bonds is 5. The molecule has 2 N–H and O–H groups in total. The van der Waals surface area contributed by atoms with Gasteiger partial charge in [-0.2, -0.15) is 0 Å². The van der Waals surface area contributed by atoms with Gasteiger partial charge in [0.15, 0.2) is 0 Å². The van der Waals surface area contributed by atoms with Gasteiger partial charge < -0.3 is 10.2 Å². The number of fused-ring (bicyclic) bond motifs is 2. The molecule has 5 aliphatic carbocycles. The summed E-state index contributed by atoms with van der Waals surface area (Å²) >= 11 is 0. The van der Waals surface area contributed by atoms with Crippen LogP contribution in [0.4, 0.5) is 0 Å². The quantitative estimate of drug-likeness (QED) is 0.444. The van der Waals surface area contributed by atoms with Gasteiger partial charge in [-0.15, -0.1) is 0 Å². The first kappa shape index (κ1) is 23.4. The van der Waals surface area contributed by atoms with Gasteiger partial charge in [0, 0.05) is 0 Å². The van der Waals surface area contributed by atoms with Crippen LogP contribution < -0.4 is 0 Å². The van der Waals surface area contributed by atoms with Gasteiger partial charge in [0.05, 0.1) is 12.2 Å². The van der Waals surface area contributed by atoms with Crippen molar-refractivity contribution >= 4 is 0 Å². The molecule has 2 spiro atoms. The van der Waals surface area contributed by atoms with Crippen LogP contribution in [-0.2, 0) is 0 Å². The Labute approximate surface area is 197 Å². The van der Waals surface area contributed by atoms with Gasteiger partial charge in [-0.1, -0.05) is 46.8 Å². The highest BCUT2D eigenvalue weighted by atomic mass is 16.3. The predicted octanol–water partition coefficient (Wildman–Crippen LogP) is 7.14. The van der Waals surface area contributed by atoms with Crippen molar-refractivity contribution in [2.45, 2.75) is 124 Å². The molecule has 5 fully saturated rings. The predicted molar refractivity (Wildman–Crippen MR) is 132 cm³/mol. The van der Waals surface area contributed by atoms with E-state index in [0.29, 0.717) is 27.6 Å². The van der Waals surface area contributed by atoms with Crippen molar-refractivity contribution < 1.29 is 10.2 Å². The lowest BCUT2D eigenvalue weighted by molar-refractivity contribution is -0.161. The van der Waals surface area contributed by atoms with Crippen molar-refractivity contribution in [1.82, 2.24) is 0 Å². The van der Waals surface area contributed by atoms with E-state index in [9.17, 15) is 10.2 Å². The van der Waals surface area contributed by atoms with Crippen LogP contribution in [-0.4, -0.2) is 22.4 Å². The summed E-state index contributed by atoms with van der Waals surface area (Å²) in [4.78, 5) is 0. The molecule has 2 heteroatoms. The van der Waals surface area contributed by atoms with E-state index in [4.69, 9.17) is 0 Å². The Morgan fingerprint density at radius 3 is 2.22 bits per heavy atom. The maximum absolute atomic E-state index is 10.8. The molecule has 32 heavy (non-hydrogen) atoms. The highest BCUT2D eigenvalue weighted by Gasteiger charge is 2.82. The van der Waals surface area contributed by atoms with Crippen LogP contribution in [0, 0.1) is 50.7 Å². The van der Waals surface area contributed by atoms with E-state index in [1.165, 1.54) is 51.4 Å². The van der Waals surface area contributed by atoms with E-state index in [2.05, 4.69) is 41.2 Å². The average molecular weight is 443 g/mol. The van der Waals surface area contributed by atoms with Gasteiger partial charge in [-0.3, -0.25) is 0 Å². The second-order valence-corrected chi connectivity index (χ2v) is 14.4. The highest BCUT2D eigenvalue weighted by Crippen LogP contribution is 2.89. The summed E-state index contributed by atoms with van der Waals surface area (Å²) < 4.78 is 0. The van der Waals surface area contributed by atoms with Gasteiger partial charge in [0.25, 0.3) is 0 Å². The maximum Gasteiger partial charge on any atom is 0.0744 e. The van der Waals surface area contributed by atoms with Gasteiger partial charge >= 0.3 is 0 Å². The Morgan fingerprint density at radius 2 is 1.53 bits per heavy atom. The van der Waals surface area contributed by atoms with E-state index >= 15 is 0 Å².